The molecule has 1 heterocycles. The fourth-order valence-electron chi connectivity index (χ4n) is 2.87. The van der Waals surface area contributed by atoms with E-state index in [0.717, 1.165) is 11.3 Å². The highest BCUT2D eigenvalue weighted by Gasteiger charge is 2.18. The largest absolute Gasteiger partial charge is 0.293 e. The van der Waals surface area contributed by atoms with Crippen LogP contribution in [0, 0.1) is 0 Å². The van der Waals surface area contributed by atoms with Gasteiger partial charge in [-0.3, -0.25) is 9.36 Å². The molecule has 1 aromatic heterocycles. The Morgan fingerprint density at radius 3 is 2.13 bits per heavy atom. The first kappa shape index (κ1) is 20.9. The Labute approximate surface area is 192 Å². The van der Waals surface area contributed by atoms with Gasteiger partial charge in [0.25, 0.3) is 0 Å². The summed E-state index contributed by atoms with van der Waals surface area (Å²) in [6.45, 7) is 0. The second kappa shape index (κ2) is 9.23. The molecule has 0 unspecified atom stereocenters. The number of halogens is 3. The van der Waals surface area contributed by atoms with Gasteiger partial charge in [-0.05, 0) is 60.7 Å². The molecule has 8 heteroatoms. The van der Waals surface area contributed by atoms with Gasteiger partial charge in [0.15, 0.2) is 16.8 Å². The Balaban J connectivity index is 1.69. The Kier molecular flexibility index (Phi) is 6.44. The van der Waals surface area contributed by atoms with E-state index < -0.39 is 0 Å². The number of Topliss-reactive ketones (excluding diaryl/α,β-unsaturated/α-hetero) is 1. The Hall–Kier alpha value is -2.31. The third-order valence-corrected chi connectivity index (χ3v) is 6.09. The molecule has 0 amide bonds. The van der Waals surface area contributed by atoms with Crippen LogP contribution in [0.15, 0.2) is 78.0 Å². The van der Waals surface area contributed by atoms with Gasteiger partial charge in [-0.2, -0.15) is 0 Å². The molecule has 0 saturated heterocycles. The van der Waals surface area contributed by atoms with Crippen molar-refractivity contribution in [2.45, 2.75) is 5.16 Å². The second-order valence-electron chi connectivity index (χ2n) is 6.32. The van der Waals surface area contributed by atoms with E-state index in [-0.39, 0.29) is 11.5 Å². The summed E-state index contributed by atoms with van der Waals surface area (Å²) in [5, 5.41) is 11.0. The fourth-order valence-corrected chi connectivity index (χ4v) is 4.20. The van der Waals surface area contributed by atoms with Crippen molar-refractivity contribution < 1.29 is 4.79 Å². The topological polar surface area (TPSA) is 47.8 Å². The predicted molar refractivity (Wildman–Crippen MR) is 123 cm³/mol. The molecule has 4 nitrogen and oxygen atoms in total. The number of aromatic nitrogens is 3. The minimum Gasteiger partial charge on any atom is -0.293 e. The summed E-state index contributed by atoms with van der Waals surface area (Å²) in [7, 11) is 0. The van der Waals surface area contributed by atoms with Gasteiger partial charge >= 0.3 is 0 Å². The number of nitrogens with zero attached hydrogens (tertiary/aromatic N) is 3. The van der Waals surface area contributed by atoms with Crippen molar-refractivity contribution in [2.75, 3.05) is 5.75 Å². The van der Waals surface area contributed by atoms with Gasteiger partial charge in [0.05, 0.1) is 10.8 Å². The zero-order chi connectivity index (χ0) is 21.1. The molecule has 30 heavy (non-hydrogen) atoms. The van der Waals surface area contributed by atoms with Gasteiger partial charge < -0.3 is 0 Å². The van der Waals surface area contributed by atoms with Crippen LogP contribution >= 0.6 is 46.6 Å². The van der Waals surface area contributed by atoms with Crippen LogP contribution in [-0.4, -0.2) is 26.3 Å². The molecule has 150 valence electrons. The number of hydrogen-bond acceptors (Lipinski definition) is 4. The van der Waals surface area contributed by atoms with Gasteiger partial charge in [-0.15, -0.1) is 10.2 Å². The Morgan fingerprint density at radius 1 is 0.833 bits per heavy atom. The Morgan fingerprint density at radius 2 is 1.47 bits per heavy atom. The molecule has 4 aromatic rings. The van der Waals surface area contributed by atoms with E-state index in [1.807, 2.05) is 28.8 Å². The van der Waals surface area contributed by atoms with E-state index >= 15 is 0 Å². The first-order valence-electron chi connectivity index (χ1n) is 8.91. The molecule has 4 rings (SSSR count). The highest BCUT2D eigenvalue weighted by molar-refractivity contribution is 7.99. The third-order valence-electron chi connectivity index (χ3n) is 4.33. The molecule has 0 N–H and O–H groups in total. The van der Waals surface area contributed by atoms with Crippen molar-refractivity contribution in [2.24, 2.45) is 0 Å². The second-order valence-corrected chi connectivity index (χ2v) is 8.54. The highest BCUT2D eigenvalue weighted by Crippen LogP contribution is 2.30. The van der Waals surface area contributed by atoms with Gasteiger partial charge in [-0.25, -0.2) is 0 Å². The first-order chi connectivity index (χ1) is 14.5. The van der Waals surface area contributed by atoms with E-state index in [9.17, 15) is 4.79 Å². The molecule has 0 atom stereocenters. The number of ketones is 1. The van der Waals surface area contributed by atoms with Gasteiger partial charge in [0.2, 0.25) is 0 Å². The number of thioether (sulfide) groups is 1. The monoisotopic (exact) mass is 473 g/mol. The van der Waals surface area contributed by atoms with Crippen LogP contribution in [0.5, 0.6) is 0 Å². The van der Waals surface area contributed by atoms with Crippen molar-refractivity contribution >= 4 is 52.3 Å². The van der Waals surface area contributed by atoms with E-state index in [1.54, 1.807) is 48.5 Å². The standard InChI is InChI=1S/C22H14Cl3N3OS/c23-15-7-5-14(6-8-15)21-26-27-22(28(21)17-11-9-16(24)10-12-17)30-13-20(29)18-3-1-2-4-19(18)25/h1-12H,13H2. The summed E-state index contributed by atoms with van der Waals surface area (Å²) < 4.78 is 1.89. The van der Waals surface area contributed by atoms with Crippen LogP contribution in [0.1, 0.15) is 10.4 Å². The Bertz CT molecular complexity index is 1190. The predicted octanol–water partition coefficient (Wildman–Crippen LogP) is 6.87. The molecule has 0 spiro atoms. The van der Waals surface area contributed by atoms with Gasteiger partial charge in [0.1, 0.15) is 0 Å². The third kappa shape index (κ3) is 4.55. The zero-order valence-electron chi connectivity index (χ0n) is 15.4. The number of benzene rings is 3. The van der Waals surface area contributed by atoms with Crippen molar-refractivity contribution in [3.63, 3.8) is 0 Å². The summed E-state index contributed by atoms with van der Waals surface area (Å²) in [6.07, 6.45) is 0. The maximum Gasteiger partial charge on any atom is 0.196 e. The number of carbonyl (C=O) groups excluding carboxylic acids is 1. The van der Waals surface area contributed by atoms with Crippen molar-refractivity contribution in [1.82, 2.24) is 14.8 Å². The molecular weight excluding hydrogens is 461 g/mol. The maximum atomic E-state index is 12.7. The van der Waals surface area contributed by atoms with Crippen molar-refractivity contribution in [1.29, 1.82) is 0 Å². The molecule has 3 aromatic carbocycles. The van der Waals surface area contributed by atoms with E-state index in [2.05, 4.69) is 10.2 Å². The molecule has 0 fully saturated rings. The summed E-state index contributed by atoms with van der Waals surface area (Å²) in [6, 6.07) is 21.7. The van der Waals surface area contributed by atoms with Gasteiger partial charge in [0, 0.05) is 26.9 Å². The summed E-state index contributed by atoms with van der Waals surface area (Å²) in [4.78, 5) is 12.7. The lowest BCUT2D eigenvalue weighted by Gasteiger charge is -2.11. The minimum absolute atomic E-state index is 0.0794. The number of hydrogen-bond donors (Lipinski definition) is 0. The molecular formula is C22H14Cl3N3OS. The lowest BCUT2D eigenvalue weighted by Crippen LogP contribution is -2.05. The SMILES string of the molecule is O=C(CSc1nnc(-c2ccc(Cl)cc2)n1-c1ccc(Cl)cc1)c1ccccc1Cl. The van der Waals surface area contributed by atoms with Crippen LogP contribution in [-0.2, 0) is 0 Å². The maximum absolute atomic E-state index is 12.7. The first-order valence-corrected chi connectivity index (χ1v) is 11.0. The minimum atomic E-state index is -0.0794. The normalized spacial score (nSPS) is 10.9. The van der Waals surface area contributed by atoms with Crippen LogP contribution in [0.3, 0.4) is 0 Å². The van der Waals surface area contributed by atoms with Crippen LogP contribution in [0.25, 0.3) is 17.1 Å². The molecule has 0 bridgehead atoms. The van der Waals surface area contributed by atoms with E-state index in [1.165, 1.54) is 11.8 Å². The smallest absolute Gasteiger partial charge is 0.196 e. The van der Waals surface area contributed by atoms with Crippen LogP contribution in [0.2, 0.25) is 15.1 Å². The number of carbonyl (C=O) groups is 1. The van der Waals surface area contributed by atoms with Crippen LogP contribution in [0.4, 0.5) is 0 Å². The zero-order valence-corrected chi connectivity index (χ0v) is 18.5. The summed E-state index contributed by atoms with van der Waals surface area (Å²) in [5.74, 6) is 0.738. The van der Waals surface area contributed by atoms with Crippen molar-refractivity contribution in [3.05, 3.63) is 93.4 Å². The highest BCUT2D eigenvalue weighted by atomic mass is 35.5. The van der Waals surface area contributed by atoms with E-state index in [0.29, 0.717) is 31.6 Å². The molecule has 0 saturated carbocycles. The molecule has 0 radical (unpaired) electrons. The average Bonchev–Trinajstić information content (AvgIpc) is 3.17. The molecule has 0 aliphatic rings. The average molecular weight is 475 g/mol. The van der Waals surface area contributed by atoms with Crippen LogP contribution < -0.4 is 0 Å². The fraction of sp³-hybridized carbons (Fsp3) is 0.0455. The number of rotatable bonds is 6. The van der Waals surface area contributed by atoms with Crippen molar-refractivity contribution in [3.8, 4) is 17.1 Å². The lowest BCUT2D eigenvalue weighted by molar-refractivity contribution is 0.102. The van der Waals surface area contributed by atoms with Gasteiger partial charge in [-0.1, -0.05) is 58.7 Å². The summed E-state index contributed by atoms with van der Waals surface area (Å²) >= 11 is 19.5. The molecule has 0 aliphatic carbocycles. The van der Waals surface area contributed by atoms with E-state index in [4.69, 9.17) is 34.8 Å². The quantitative estimate of drug-likeness (QED) is 0.226. The molecule has 0 aliphatic heterocycles. The summed E-state index contributed by atoms with van der Waals surface area (Å²) in [5.41, 5.74) is 2.18. The lowest BCUT2D eigenvalue weighted by atomic mass is 10.1.